The number of non-ortho nitro benzene ring substituents is 1. The summed E-state index contributed by atoms with van der Waals surface area (Å²) >= 11 is 0. The average Bonchev–Trinajstić information content (AvgIpc) is 2.61. The molecule has 1 atom stereocenters. The highest BCUT2D eigenvalue weighted by Gasteiger charge is 2.20. The molecule has 0 spiro atoms. The van der Waals surface area contributed by atoms with Gasteiger partial charge in [-0.2, -0.15) is 0 Å². The van der Waals surface area contributed by atoms with Crippen LogP contribution in [0.3, 0.4) is 0 Å². The highest BCUT2D eigenvalue weighted by Crippen LogP contribution is 2.22. The smallest absolute Gasteiger partial charge is 0.305 e. The van der Waals surface area contributed by atoms with Crippen molar-refractivity contribution in [2.45, 2.75) is 18.9 Å². The first-order valence-electron chi connectivity index (χ1n) is 7.77. The van der Waals surface area contributed by atoms with Crippen molar-refractivity contribution in [1.29, 1.82) is 0 Å². The average molecular weight is 358 g/mol. The summed E-state index contributed by atoms with van der Waals surface area (Å²) in [5.41, 5.74) is 0.934. The van der Waals surface area contributed by atoms with Gasteiger partial charge in [0.1, 0.15) is 5.75 Å². The number of ether oxygens (including phenoxy) is 1. The van der Waals surface area contributed by atoms with Crippen LogP contribution in [0.5, 0.6) is 5.75 Å². The molecule has 0 bridgehead atoms. The Bertz CT molecular complexity index is 804. The highest BCUT2D eigenvalue weighted by molar-refractivity contribution is 5.80. The molecule has 0 aliphatic carbocycles. The maximum atomic E-state index is 12.3. The summed E-state index contributed by atoms with van der Waals surface area (Å²) in [6, 6.07) is 11.6. The van der Waals surface area contributed by atoms with E-state index in [2.05, 4.69) is 5.32 Å². The van der Waals surface area contributed by atoms with E-state index in [0.29, 0.717) is 11.3 Å². The lowest BCUT2D eigenvalue weighted by molar-refractivity contribution is -0.384. The van der Waals surface area contributed by atoms with Gasteiger partial charge in [-0.15, -0.1) is 0 Å². The molecule has 0 aliphatic rings. The van der Waals surface area contributed by atoms with E-state index in [1.54, 1.807) is 30.3 Å². The van der Waals surface area contributed by atoms with E-state index >= 15 is 0 Å². The molecule has 2 aromatic rings. The van der Waals surface area contributed by atoms with Crippen molar-refractivity contribution in [2.75, 3.05) is 7.11 Å². The zero-order valence-electron chi connectivity index (χ0n) is 14.0. The molecule has 0 saturated heterocycles. The second-order valence-electron chi connectivity index (χ2n) is 5.59. The summed E-state index contributed by atoms with van der Waals surface area (Å²) in [4.78, 5) is 33.7. The summed E-state index contributed by atoms with van der Waals surface area (Å²) in [5.74, 6) is -0.839. The van der Waals surface area contributed by atoms with Gasteiger partial charge in [0.05, 0.1) is 30.9 Å². The van der Waals surface area contributed by atoms with Crippen LogP contribution in [0.25, 0.3) is 0 Å². The largest absolute Gasteiger partial charge is 0.497 e. The number of carboxylic acid groups (broad SMARTS) is 1. The summed E-state index contributed by atoms with van der Waals surface area (Å²) in [7, 11) is 1.54. The number of nitrogens with zero attached hydrogens (tertiary/aromatic N) is 1. The summed E-state index contributed by atoms with van der Waals surface area (Å²) in [6.07, 6.45) is -0.329. The monoisotopic (exact) mass is 358 g/mol. The first kappa shape index (κ1) is 18.9. The van der Waals surface area contributed by atoms with E-state index in [-0.39, 0.29) is 24.4 Å². The number of benzene rings is 2. The molecule has 0 fully saturated rings. The van der Waals surface area contributed by atoms with E-state index in [4.69, 9.17) is 9.84 Å². The molecule has 2 N–H and O–H groups in total. The number of hydrogen-bond donors (Lipinski definition) is 2. The van der Waals surface area contributed by atoms with Crippen molar-refractivity contribution in [3.63, 3.8) is 0 Å². The predicted molar refractivity (Wildman–Crippen MR) is 92.9 cm³/mol. The van der Waals surface area contributed by atoms with Crippen molar-refractivity contribution in [2.24, 2.45) is 0 Å². The van der Waals surface area contributed by atoms with Crippen LogP contribution in [0.1, 0.15) is 23.6 Å². The van der Waals surface area contributed by atoms with Gasteiger partial charge in [0.25, 0.3) is 5.69 Å². The number of hydrogen-bond acceptors (Lipinski definition) is 5. The summed E-state index contributed by atoms with van der Waals surface area (Å²) < 4.78 is 5.05. The molecule has 8 heteroatoms. The van der Waals surface area contributed by atoms with Gasteiger partial charge in [0.2, 0.25) is 5.91 Å². The molecule has 2 aromatic carbocycles. The molecule has 0 aliphatic heterocycles. The number of nitro benzene ring substituents is 1. The molecule has 8 nitrogen and oxygen atoms in total. The first-order valence-corrected chi connectivity index (χ1v) is 7.77. The fraction of sp³-hybridized carbons (Fsp3) is 0.222. The molecule has 2 rings (SSSR count). The topological polar surface area (TPSA) is 119 Å². The molecule has 136 valence electrons. The Kier molecular flexibility index (Phi) is 6.26. The molecule has 0 saturated carbocycles. The summed E-state index contributed by atoms with van der Waals surface area (Å²) in [6.45, 7) is 0. The van der Waals surface area contributed by atoms with Crippen LogP contribution in [0.15, 0.2) is 48.5 Å². The van der Waals surface area contributed by atoms with Crippen molar-refractivity contribution in [3.8, 4) is 5.75 Å². The number of nitrogens with one attached hydrogen (secondary N) is 1. The molecular weight excluding hydrogens is 340 g/mol. The third-order valence-electron chi connectivity index (χ3n) is 3.72. The van der Waals surface area contributed by atoms with Crippen LogP contribution < -0.4 is 10.1 Å². The molecule has 1 amide bonds. The minimum absolute atomic E-state index is 0.0506. The lowest BCUT2D eigenvalue weighted by Gasteiger charge is -2.17. The Labute approximate surface area is 149 Å². The SMILES string of the molecule is COc1ccc(CC(=O)N[C@H](CC(=O)O)c2cccc([N+](=O)[O-])c2)cc1. The maximum absolute atomic E-state index is 12.3. The van der Waals surface area contributed by atoms with Gasteiger partial charge in [-0.1, -0.05) is 24.3 Å². The Morgan fingerprint density at radius 3 is 2.50 bits per heavy atom. The number of rotatable bonds is 8. The number of carboxylic acids is 1. The number of aliphatic carboxylic acids is 1. The minimum atomic E-state index is -1.12. The molecule has 0 radical (unpaired) electrons. The number of amides is 1. The zero-order chi connectivity index (χ0) is 19.1. The van der Waals surface area contributed by atoms with Crippen molar-refractivity contribution in [1.82, 2.24) is 5.32 Å². The molecule has 0 heterocycles. The van der Waals surface area contributed by atoms with Crippen LogP contribution >= 0.6 is 0 Å². The Morgan fingerprint density at radius 1 is 1.23 bits per heavy atom. The van der Waals surface area contributed by atoms with Crippen molar-refractivity contribution < 1.29 is 24.4 Å². The molecule has 26 heavy (non-hydrogen) atoms. The number of methoxy groups -OCH3 is 1. The van der Waals surface area contributed by atoms with E-state index in [1.165, 1.54) is 25.3 Å². The van der Waals surface area contributed by atoms with Gasteiger partial charge in [-0.25, -0.2) is 0 Å². The van der Waals surface area contributed by atoms with E-state index < -0.39 is 16.9 Å². The van der Waals surface area contributed by atoms with E-state index in [0.717, 1.165) is 5.56 Å². The van der Waals surface area contributed by atoms with Crippen molar-refractivity contribution >= 4 is 17.6 Å². The second kappa shape index (κ2) is 8.61. The number of carbonyl (C=O) groups excluding carboxylic acids is 1. The quantitative estimate of drug-likeness (QED) is 0.553. The van der Waals surface area contributed by atoms with Gasteiger partial charge in [-0.05, 0) is 23.3 Å². The fourth-order valence-corrected chi connectivity index (χ4v) is 2.46. The Hall–Kier alpha value is -3.42. The van der Waals surface area contributed by atoms with Gasteiger partial charge in [-0.3, -0.25) is 19.7 Å². The van der Waals surface area contributed by atoms with Crippen LogP contribution in [-0.4, -0.2) is 29.0 Å². The van der Waals surface area contributed by atoms with Crippen LogP contribution in [0.2, 0.25) is 0 Å². The van der Waals surface area contributed by atoms with Crippen LogP contribution in [-0.2, 0) is 16.0 Å². The standard InChI is InChI=1S/C18H18N2O6/c1-26-15-7-5-12(6-8-15)9-17(21)19-16(11-18(22)23)13-3-2-4-14(10-13)20(24)25/h2-8,10,16H,9,11H2,1H3,(H,19,21)(H,22,23)/t16-/m1/s1. The normalized spacial score (nSPS) is 11.4. The summed E-state index contributed by atoms with van der Waals surface area (Å²) in [5, 5.41) is 22.6. The van der Waals surface area contributed by atoms with Crippen LogP contribution in [0, 0.1) is 10.1 Å². The lowest BCUT2D eigenvalue weighted by atomic mass is 10.0. The lowest BCUT2D eigenvalue weighted by Crippen LogP contribution is -2.31. The van der Waals surface area contributed by atoms with Gasteiger partial charge >= 0.3 is 5.97 Å². The predicted octanol–water partition coefficient (Wildman–Crippen LogP) is 2.48. The number of carbonyl (C=O) groups is 2. The third kappa shape index (κ3) is 5.30. The Morgan fingerprint density at radius 2 is 1.92 bits per heavy atom. The third-order valence-corrected chi connectivity index (χ3v) is 3.72. The van der Waals surface area contributed by atoms with Gasteiger partial charge in [0.15, 0.2) is 0 Å². The van der Waals surface area contributed by atoms with E-state index in [1.807, 2.05) is 0 Å². The minimum Gasteiger partial charge on any atom is -0.497 e. The first-order chi connectivity index (χ1) is 12.4. The zero-order valence-corrected chi connectivity index (χ0v) is 14.0. The second-order valence-corrected chi connectivity index (χ2v) is 5.59. The Balaban J connectivity index is 2.13. The van der Waals surface area contributed by atoms with E-state index in [9.17, 15) is 19.7 Å². The van der Waals surface area contributed by atoms with Gasteiger partial charge in [0, 0.05) is 12.1 Å². The van der Waals surface area contributed by atoms with Crippen molar-refractivity contribution in [3.05, 3.63) is 69.8 Å². The molecule has 0 aromatic heterocycles. The van der Waals surface area contributed by atoms with Gasteiger partial charge < -0.3 is 15.2 Å². The molecular formula is C18H18N2O6. The number of nitro groups is 1. The van der Waals surface area contributed by atoms with Crippen LogP contribution in [0.4, 0.5) is 5.69 Å². The highest BCUT2D eigenvalue weighted by atomic mass is 16.6. The molecule has 0 unspecified atom stereocenters. The fourth-order valence-electron chi connectivity index (χ4n) is 2.46. The maximum Gasteiger partial charge on any atom is 0.305 e.